The van der Waals surface area contributed by atoms with Crippen molar-refractivity contribution in [1.29, 1.82) is 0 Å². The van der Waals surface area contributed by atoms with E-state index in [2.05, 4.69) is 167 Å². The van der Waals surface area contributed by atoms with Gasteiger partial charge in [-0.1, -0.05) is 269 Å². The summed E-state index contributed by atoms with van der Waals surface area (Å²) in [5.41, 5.74) is 0. The lowest BCUT2D eigenvalue weighted by molar-refractivity contribution is -0.167. The van der Waals surface area contributed by atoms with E-state index in [1.54, 1.807) is 0 Å². The lowest BCUT2D eigenvalue weighted by Gasteiger charge is -2.18. The lowest BCUT2D eigenvalue weighted by atomic mass is 10.1. The fourth-order valence-electron chi connectivity index (χ4n) is 8.05. The van der Waals surface area contributed by atoms with Gasteiger partial charge in [0.15, 0.2) is 6.10 Å². The number of esters is 3. The van der Waals surface area contributed by atoms with Crippen molar-refractivity contribution in [3.63, 3.8) is 0 Å². The van der Waals surface area contributed by atoms with Gasteiger partial charge in [-0.05, 0) is 116 Å². The Morgan fingerprint density at radius 2 is 0.526 bits per heavy atom. The van der Waals surface area contributed by atoms with E-state index in [1.807, 2.05) is 0 Å². The van der Waals surface area contributed by atoms with Gasteiger partial charge in [0, 0.05) is 19.3 Å². The molecule has 0 amide bonds. The van der Waals surface area contributed by atoms with Gasteiger partial charge in [-0.25, -0.2) is 0 Å². The first-order chi connectivity index (χ1) is 37.5. The Morgan fingerprint density at radius 1 is 0.276 bits per heavy atom. The van der Waals surface area contributed by atoms with Crippen molar-refractivity contribution >= 4 is 17.9 Å². The number of unbranched alkanes of at least 4 members (excludes halogenated alkanes) is 19. The average molecular weight is 1050 g/mol. The SMILES string of the molecule is CC/C=C\C/C=C\C/C=C\C/C=C\C/C=C\C/C=C\C/C=C\CCCCCCCCCCCC(=O)OCC(COC(=O)CCCCCCCCCCCC)OC(=O)CCC/C=C\C/C=C\C/C=C\C/C=C\C/C=C\CC. The molecule has 0 aromatic carbocycles. The van der Waals surface area contributed by atoms with Crippen molar-refractivity contribution in [2.24, 2.45) is 0 Å². The summed E-state index contributed by atoms with van der Waals surface area (Å²) in [6, 6.07) is 0. The molecule has 0 aliphatic heterocycles. The Morgan fingerprint density at radius 3 is 0.842 bits per heavy atom. The molecule has 0 bridgehead atoms. The Labute approximate surface area is 467 Å². The molecule has 6 heteroatoms. The van der Waals surface area contributed by atoms with Crippen LogP contribution in [0.3, 0.4) is 0 Å². The zero-order chi connectivity index (χ0) is 55.0. The average Bonchev–Trinajstić information content (AvgIpc) is 3.42. The molecule has 0 saturated heterocycles. The molecule has 0 aliphatic rings. The van der Waals surface area contributed by atoms with E-state index in [9.17, 15) is 14.4 Å². The van der Waals surface area contributed by atoms with Crippen molar-refractivity contribution in [2.45, 2.75) is 264 Å². The molecule has 0 saturated carbocycles. The van der Waals surface area contributed by atoms with Crippen molar-refractivity contribution in [1.82, 2.24) is 0 Å². The fourth-order valence-corrected chi connectivity index (χ4v) is 8.05. The number of ether oxygens (including phenoxy) is 3. The molecule has 76 heavy (non-hydrogen) atoms. The minimum atomic E-state index is -0.814. The molecule has 6 nitrogen and oxygen atoms in total. The van der Waals surface area contributed by atoms with Gasteiger partial charge in [0.05, 0.1) is 0 Å². The highest BCUT2D eigenvalue weighted by atomic mass is 16.6. The molecule has 0 aromatic heterocycles. The summed E-state index contributed by atoms with van der Waals surface area (Å²) in [5.74, 6) is -0.975. The molecule has 0 heterocycles. The van der Waals surface area contributed by atoms with E-state index in [0.29, 0.717) is 19.3 Å². The van der Waals surface area contributed by atoms with Crippen molar-refractivity contribution in [3.8, 4) is 0 Å². The van der Waals surface area contributed by atoms with Crippen LogP contribution in [0.1, 0.15) is 258 Å². The van der Waals surface area contributed by atoms with E-state index in [0.717, 1.165) is 128 Å². The maximum absolute atomic E-state index is 12.8. The van der Waals surface area contributed by atoms with Gasteiger partial charge < -0.3 is 14.2 Å². The number of carbonyl (C=O) groups is 3. The molecule has 0 rings (SSSR count). The van der Waals surface area contributed by atoms with Crippen LogP contribution in [-0.2, 0) is 28.6 Å². The predicted octanol–water partition coefficient (Wildman–Crippen LogP) is 21.2. The number of carbonyl (C=O) groups excluding carboxylic acids is 3. The smallest absolute Gasteiger partial charge is 0.306 e. The standard InChI is InChI=1S/C70H112O6/c1-4-7-10-13-16-19-22-24-26-28-29-30-31-32-33-34-35-36-37-38-39-40-41-43-44-46-48-51-54-57-60-63-69(72)75-66-67(65-74-68(71)62-59-56-53-50-21-18-15-12-9-6-3)76-70(73)64-61-58-55-52-49-47-45-42-27-25-23-20-17-14-11-8-5-2/h7-8,10-11,16-17,19-20,24-27,29-30,32-33,35-36,38-39,45,47,52,55,67H,4-6,9,12-15,18,21-23,28,31,34,37,40-44,46,48-51,53-54,56-66H2,1-3H3/b10-7-,11-8-,19-16-,20-17-,26-24-,27-25-,30-29-,33-32-,36-35-,39-38-,47-45-,55-52-. The second-order valence-electron chi connectivity index (χ2n) is 19.9. The minimum Gasteiger partial charge on any atom is -0.462 e. The van der Waals surface area contributed by atoms with E-state index < -0.39 is 6.10 Å². The zero-order valence-electron chi connectivity index (χ0n) is 49.0. The molecule has 0 fully saturated rings. The summed E-state index contributed by atoms with van der Waals surface area (Å²) in [6.45, 7) is 6.34. The van der Waals surface area contributed by atoms with Crippen LogP contribution in [0.4, 0.5) is 0 Å². The molecule has 428 valence electrons. The Bertz CT molecular complexity index is 1680. The first-order valence-electron chi connectivity index (χ1n) is 30.8. The highest BCUT2D eigenvalue weighted by Gasteiger charge is 2.19. The number of hydrogen-bond acceptors (Lipinski definition) is 6. The first-order valence-corrected chi connectivity index (χ1v) is 30.8. The van der Waals surface area contributed by atoms with Crippen molar-refractivity contribution in [2.75, 3.05) is 13.2 Å². The van der Waals surface area contributed by atoms with Crippen LogP contribution in [-0.4, -0.2) is 37.2 Å². The van der Waals surface area contributed by atoms with Gasteiger partial charge in [-0.3, -0.25) is 14.4 Å². The number of hydrogen-bond donors (Lipinski definition) is 0. The Balaban J connectivity index is 4.31. The van der Waals surface area contributed by atoms with E-state index >= 15 is 0 Å². The summed E-state index contributed by atoms with van der Waals surface area (Å²) >= 11 is 0. The Hall–Kier alpha value is -4.71. The van der Waals surface area contributed by atoms with Crippen LogP contribution >= 0.6 is 0 Å². The largest absolute Gasteiger partial charge is 0.462 e. The van der Waals surface area contributed by atoms with E-state index in [4.69, 9.17) is 14.2 Å². The summed E-state index contributed by atoms with van der Waals surface area (Å²) < 4.78 is 16.8. The molecular formula is C70H112O6. The fraction of sp³-hybridized carbons (Fsp3) is 0.614. The zero-order valence-corrected chi connectivity index (χ0v) is 49.0. The van der Waals surface area contributed by atoms with Crippen LogP contribution < -0.4 is 0 Å². The second-order valence-corrected chi connectivity index (χ2v) is 19.9. The molecule has 0 radical (unpaired) electrons. The normalized spacial score (nSPS) is 13.1. The highest BCUT2D eigenvalue weighted by Crippen LogP contribution is 2.14. The number of rotatable bonds is 54. The third-order valence-corrected chi connectivity index (χ3v) is 12.6. The predicted molar refractivity (Wildman–Crippen MR) is 329 cm³/mol. The van der Waals surface area contributed by atoms with Gasteiger partial charge >= 0.3 is 17.9 Å². The minimum absolute atomic E-state index is 0.105. The third kappa shape index (κ3) is 60.2. The summed E-state index contributed by atoms with van der Waals surface area (Å²) in [7, 11) is 0. The molecule has 1 unspecified atom stereocenters. The van der Waals surface area contributed by atoms with E-state index in [1.165, 1.54) is 83.5 Å². The molecule has 0 N–H and O–H groups in total. The quantitative estimate of drug-likeness (QED) is 0.0261. The van der Waals surface area contributed by atoms with E-state index in [-0.39, 0.29) is 37.5 Å². The van der Waals surface area contributed by atoms with Gasteiger partial charge in [-0.2, -0.15) is 0 Å². The van der Waals surface area contributed by atoms with Gasteiger partial charge in [0.1, 0.15) is 13.2 Å². The lowest BCUT2D eigenvalue weighted by Crippen LogP contribution is -2.30. The van der Waals surface area contributed by atoms with Crippen molar-refractivity contribution in [3.05, 3.63) is 146 Å². The van der Waals surface area contributed by atoms with Crippen LogP contribution in [0.2, 0.25) is 0 Å². The molecule has 0 aromatic rings. The van der Waals surface area contributed by atoms with Crippen LogP contribution in [0.15, 0.2) is 146 Å². The highest BCUT2D eigenvalue weighted by molar-refractivity contribution is 5.71. The van der Waals surface area contributed by atoms with Crippen LogP contribution in [0.25, 0.3) is 0 Å². The monoisotopic (exact) mass is 1050 g/mol. The third-order valence-electron chi connectivity index (χ3n) is 12.6. The summed E-state index contributed by atoms with van der Waals surface area (Å²) in [5, 5.41) is 0. The van der Waals surface area contributed by atoms with Crippen LogP contribution in [0, 0.1) is 0 Å². The molecule has 0 spiro atoms. The molecule has 0 aliphatic carbocycles. The van der Waals surface area contributed by atoms with Gasteiger partial charge in [-0.15, -0.1) is 0 Å². The van der Waals surface area contributed by atoms with Crippen LogP contribution in [0.5, 0.6) is 0 Å². The topological polar surface area (TPSA) is 78.9 Å². The summed E-state index contributed by atoms with van der Waals surface area (Å²) in [6.07, 6.45) is 90.0. The molecular weight excluding hydrogens is 937 g/mol. The number of allylic oxidation sites excluding steroid dienone is 24. The van der Waals surface area contributed by atoms with Crippen molar-refractivity contribution < 1.29 is 28.6 Å². The maximum Gasteiger partial charge on any atom is 0.306 e. The maximum atomic E-state index is 12.8. The summed E-state index contributed by atoms with van der Waals surface area (Å²) in [4.78, 5) is 38.1. The van der Waals surface area contributed by atoms with Gasteiger partial charge in [0.2, 0.25) is 0 Å². The second kappa shape index (κ2) is 62.8. The van der Waals surface area contributed by atoms with Gasteiger partial charge in [0.25, 0.3) is 0 Å². The Kier molecular flexibility index (Phi) is 58.9. The first kappa shape index (κ1) is 71.3. The molecule has 1 atom stereocenters.